The van der Waals surface area contributed by atoms with Crippen molar-refractivity contribution >= 4 is 47.8 Å². The first-order chi connectivity index (χ1) is 49.2. The zero-order valence-corrected chi connectivity index (χ0v) is 67.8. The molecule has 0 heterocycles. The Morgan fingerprint density at radius 3 is 0.431 bits per heavy atom. The molecule has 0 amide bonds. The van der Waals surface area contributed by atoms with Crippen molar-refractivity contribution in [1.29, 1.82) is 0 Å². The zero-order chi connectivity index (χ0) is 78.1. The molecular formula is C86H168O16. The van der Waals surface area contributed by atoms with Crippen molar-refractivity contribution in [3.63, 3.8) is 0 Å². The van der Waals surface area contributed by atoms with Crippen LogP contribution in [0.25, 0.3) is 0 Å². The Hall–Kier alpha value is -4.76. The van der Waals surface area contributed by atoms with Gasteiger partial charge in [0.2, 0.25) is 0 Å². The molecule has 0 fully saturated rings. The smallest absolute Gasteiger partial charge is 0.328 e. The molecule has 0 bridgehead atoms. The van der Waals surface area contributed by atoms with E-state index < -0.39 is 47.8 Å². The molecule has 0 aliphatic carbocycles. The van der Waals surface area contributed by atoms with Gasteiger partial charge in [0.05, 0.1) is 0 Å². The van der Waals surface area contributed by atoms with E-state index >= 15 is 0 Å². The maximum Gasteiger partial charge on any atom is 0.328 e. The average Bonchev–Trinajstić information content (AvgIpc) is 3.78. The van der Waals surface area contributed by atoms with E-state index in [1.807, 2.05) is 12.2 Å². The fourth-order valence-electron chi connectivity index (χ4n) is 10.5. The molecule has 0 saturated heterocycles. The number of allylic oxidation sites excluding steroid dienone is 3. The molecule has 8 N–H and O–H groups in total. The highest BCUT2D eigenvalue weighted by atomic mass is 16.4. The lowest BCUT2D eigenvalue weighted by Crippen LogP contribution is -1.93. The van der Waals surface area contributed by atoms with Gasteiger partial charge >= 0.3 is 47.8 Å². The minimum atomic E-state index is -0.886. The largest absolute Gasteiger partial charge is 0.481 e. The molecule has 608 valence electrons. The monoisotopic (exact) mass is 1460 g/mol. The van der Waals surface area contributed by atoms with Gasteiger partial charge in [-0.1, -0.05) is 395 Å². The molecule has 0 unspecified atom stereocenters. The van der Waals surface area contributed by atoms with Crippen molar-refractivity contribution in [2.24, 2.45) is 0 Å². The molecule has 0 aromatic heterocycles. The quantitative estimate of drug-likeness (QED) is 0.0159. The molecule has 0 saturated carbocycles. The van der Waals surface area contributed by atoms with E-state index in [0.717, 1.165) is 102 Å². The van der Waals surface area contributed by atoms with Crippen LogP contribution in [-0.4, -0.2) is 88.6 Å². The molecule has 102 heavy (non-hydrogen) atoms. The van der Waals surface area contributed by atoms with Crippen LogP contribution in [0.1, 0.15) is 479 Å². The van der Waals surface area contributed by atoms with Crippen molar-refractivity contribution in [3.05, 3.63) is 24.3 Å². The summed E-state index contributed by atoms with van der Waals surface area (Å²) in [5, 5.41) is 66.8. The van der Waals surface area contributed by atoms with Gasteiger partial charge in [0.1, 0.15) is 0 Å². The van der Waals surface area contributed by atoms with Crippen molar-refractivity contribution < 1.29 is 79.2 Å². The van der Waals surface area contributed by atoms with Gasteiger partial charge in [-0.2, -0.15) is 0 Å². The Labute approximate surface area is 627 Å². The summed E-state index contributed by atoms with van der Waals surface area (Å²) in [5.41, 5.74) is 0. The number of unbranched alkanes of at least 4 members (excludes halogenated alkanes) is 51. The Bertz CT molecular complexity index is 1470. The van der Waals surface area contributed by atoms with Crippen LogP contribution >= 0.6 is 0 Å². The van der Waals surface area contributed by atoms with E-state index in [2.05, 4.69) is 55.4 Å². The Kier molecular flexibility index (Phi) is 122. The summed E-state index contributed by atoms with van der Waals surface area (Å²) in [6.07, 6.45) is 80.3. The standard InChI is InChI=1S/C16H28O2.7C10H20O2/c1-2-3-4-5-6-7-8-9-10-11-12-13-14-15-16(17)18;7*1-2-3-4-5-6-7-8-9-10(11)12/h12-15H,2-11H2,1H3,(H,17,18);7*2-9H2,1H3,(H,11,12)/b13-12+,15-14+;;;;;;;. The predicted octanol–water partition coefficient (Wildman–Crippen LogP) is 27.6. The number of carboxylic acids is 8. The molecular weight excluding hydrogens is 1290 g/mol. The summed E-state index contributed by atoms with van der Waals surface area (Å²) in [4.78, 5) is 81.1. The van der Waals surface area contributed by atoms with Gasteiger partial charge in [-0.25, -0.2) is 4.79 Å². The third kappa shape index (κ3) is 158. The van der Waals surface area contributed by atoms with Crippen LogP contribution in [0.3, 0.4) is 0 Å². The van der Waals surface area contributed by atoms with E-state index in [1.165, 1.54) is 283 Å². The molecule has 0 atom stereocenters. The van der Waals surface area contributed by atoms with E-state index in [1.54, 1.807) is 6.08 Å². The summed E-state index contributed by atoms with van der Waals surface area (Å²) < 4.78 is 0. The van der Waals surface area contributed by atoms with Crippen LogP contribution in [0.15, 0.2) is 24.3 Å². The van der Waals surface area contributed by atoms with Crippen LogP contribution in [0, 0.1) is 0 Å². The number of carboxylic acid groups (broad SMARTS) is 8. The maximum absolute atomic E-state index is 10.2. The van der Waals surface area contributed by atoms with Gasteiger partial charge in [-0.3, -0.25) is 33.6 Å². The summed E-state index contributed by atoms with van der Waals surface area (Å²) in [6, 6.07) is 0. The molecule has 0 aliphatic heterocycles. The van der Waals surface area contributed by atoms with Crippen LogP contribution in [0.5, 0.6) is 0 Å². The van der Waals surface area contributed by atoms with Gasteiger partial charge < -0.3 is 40.9 Å². The Morgan fingerprint density at radius 2 is 0.304 bits per heavy atom. The lowest BCUT2D eigenvalue weighted by molar-refractivity contribution is -0.138. The molecule has 16 heteroatoms. The summed E-state index contributed by atoms with van der Waals surface area (Å²) in [7, 11) is 0. The lowest BCUT2D eigenvalue weighted by Gasteiger charge is -2.00. The normalized spacial score (nSPS) is 10.4. The minimum Gasteiger partial charge on any atom is -0.481 e. The third-order valence-corrected chi connectivity index (χ3v) is 16.9. The molecule has 0 rings (SSSR count). The van der Waals surface area contributed by atoms with Crippen molar-refractivity contribution in [3.8, 4) is 0 Å². The highest BCUT2D eigenvalue weighted by Crippen LogP contribution is 2.15. The van der Waals surface area contributed by atoms with Gasteiger partial charge in [0.15, 0.2) is 0 Å². The Morgan fingerprint density at radius 1 is 0.176 bits per heavy atom. The predicted molar refractivity (Wildman–Crippen MR) is 429 cm³/mol. The summed E-state index contributed by atoms with van der Waals surface area (Å²) in [6.45, 7) is 17.6. The molecule has 16 nitrogen and oxygen atoms in total. The van der Waals surface area contributed by atoms with Crippen LogP contribution in [0.4, 0.5) is 0 Å². The molecule has 0 radical (unpaired) electrons. The fourth-order valence-corrected chi connectivity index (χ4v) is 10.5. The first-order valence-electron chi connectivity index (χ1n) is 42.3. The maximum atomic E-state index is 10.2. The lowest BCUT2D eigenvalue weighted by atomic mass is 10.1. The first kappa shape index (κ1) is 113. The van der Waals surface area contributed by atoms with E-state index in [0.29, 0.717) is 44.9 Å². The van der Waals surface area contributed by atoms with Crippen molar-refractivity contribution in [2.45, 2.75) is 479 Å². The first-order valence-corrected chi connectivity index (χ1v) is 42.3. The van der Waals surface area contributed by atoms with Crippen LogP contribution < -0.4 is 0 Å². The fraction of sp³-hybridized carbons (Fsp3) is 0.860. The van der Waals surface area contributed by atoms with Gasteiger partial charge in [-0.15, -0.1) is 0 Å². The van der Waals surface area contributed by atoms with E-state index in [-0.39, 0.29) is 0 Å². The second-order valence-electron chi connectivity index (χ2n) is 27.6. The van der Waals surface area contributed by atoms with Gasteiger partial charge in [-0.05, 0) is 57.8 Å². The summed E-state index contributed by atoms with van der Waals surface area (Å²) in [5.74, 6) is -5.53. The number of rotatable bonds is 68. The van der Waals surface area contributed by atoms with Crippen molar-refractivity contribution in [2.75, 3.05) is 0 Å². The minimum absolute atomic E-state index is 0.341. The second-order valence-corrected chi connectivity index (χ2v) is 27.6. The average molecular weight is 1460 g/mol. The molecule has 0 aliphatic rings. The van der Waals surface area contributed by atoms with E-state index in [4.69, 9.17) is 40.9 Å². The second kappa shape index (κ2) is 110. The van der Waals surface area contributed by atoms with Crippen LogP contribution in [-0.2, 0) is 38.4 Å². The number of hydrogen-bond donors (Lipinski definition) is 8. The number of hydrogen-bond acceptors (Lipinski definition) is 8. The summed E-state index contributed by atoms with van der Waals surface area (Å²) >= 11 is 0. The Balaban J connectivity index is -0.000000166. The zero-order valence-electron chi connectivity index (χ0n) is 67.8. The number of aliphatic carboxylic acids is 8. The number of carbonyl (C=O) groups is 8. The van der Waals surface area contributed by atoms with E-state index in [9.17, 15) is 38.4 Å². The molecule has 0 spiro atoms. The van der Waals surface area contributed by atoms with Gasteiger partial charge in [0.25, 0.3) is 0 Å². The molecule has 0 aromatic carbocycles. The molecule has 0 aromatic rings. The highest BCUT2D eigenvalue weighted by molar-refractivity contribution is 5.80. The highest BCUT2D eigenvalue weighted by Gasteiger charge is 2.02. The third-order valence-electron chi connectivity index (χ3n) is 16.9. The van der Waals surface area contributed by atoms with Gasteiger partial charge in [0, 0.05) is 51.0 Å². The van der Waals surface area contributed by atoms with Crippen molar-refractivity contribution in [1.82, 2.24) is 0 Å². The SMILES string of the molecule is CCCCCCCCCC(=O)O.CCCCCCCCCC(=O)O.CCCCCCCCCC(=O)O.CCCCCCCCCC(=O)O.CCCCCCCCCC(=O)O.CCCCCCCCCC(=O)O.CCCCCCCCCC(=O)O.CCCCCCCCCCC/C=C/C=C/C(=O)O. The van der Waals surface area contributed by atoms with Crippen LogP contribution in [0.2, 0.25) is 0 Å². The topological polar surface area (TPSA) is 298 Å².